The van der Waals surface area contributed by atoms with Crippen LogP contribution in [-0.2, 0) is 33.3 Å². The van der Waals surface area contributed by atoms with Crippen molar-refractivity contribution in [2.24, 2.45) is 28.6 Å². The van der Waals surface area contributed by atoms with Crippen LogP contribution in [-0.4, -0.2) is 81.6 Å². The highest BCUT2D eigenvalue weighted by atomic mass is 32.2. The predicted octanol–water partition coefficient (Wildman–Crippen LogP) is 2.12. The largest absolute Gasteiger partial charge is 0.458 e. The molecule has 0 unspecified atom stereocenters. The number of carbonyl (C=O) groups is 3. The SMILES string of the molecule is C[C@@H]1C[C@@]2(NC(=O)CS2)[C@]2(O)O[C@@H]3C[C@@]4(C=O)C(=CC[C@@H]5[C@@H]4CC[C@]4(C)[C@@H](C6=CC(=O)OC6)CC[C@]54O)C[C@H]3O[C@@H]2O1. The van der Waals surface area contributed by atoms with Crippen LogP contribution >= 0.6 is 11.8 Å². The first kappa shape index (κ1) is 27.8. The number of rotatable bonds is 2. The van der Waals surface area contributed by atoms with E-state index in [0.29, 0.717) is 38.7 Å². The van der Waals surface area contributed by atoms with Crippen molar-refractivity contribution < 1.29 is 43.5 Å². The lowest BCUT2D eigenvalue weighted by Gasteiger charge is -2.63. The number of amides is 1. The molecule has 10 nitrogen and oxygen atoms in total. The Bertz CT molecular complexity index is 1320. The minimum absolute atomic E-state index is 0.0634. The molecular weight excluding hydrogens is 562 g/mol. The van der Waals surface area contributed by atoms with Crippen molar-refractivity contribution in [3.05, 3.63) is 23.3 Å². The summed E-state index contributed by atoms with van der Waals surface area (Å²) in [5.41, 5.74) is -0.264. The second-order valence-corrected chi connectivity index (χ2v) is 15.5. The molecule has 42 heavy (non-hydrogen) atoms. The smallest absolute Gasteiger partial charge is 0.331 e. The summed E-state index contributed by atoms with van der Waals surface area (Å²) in [6.45, 7) is 4.34. The molecule has 4 aliphatic carbocycles. The van der Waals surface area contributed by atoms with E-state index in [1.54, 1.807) is 6.08 Å². The number of ether oxygens (including phenoxy) is 4. The summed E-state index contributed by atoms with van der Waals surface area (Å²) >= 11 is 1.32. The Kier molecular flexibility index (Phi) is 5.89. The molecule has 4 aliphatic heterocycles. The van der Waals surface area contributed by atoms with Crippen molar-refractivity contribution in [3.63, 3.8) is 0 Å². The molecule has 12 atom stereocenters. The van der Waals surface area contributed by atoms with Gasteiger partial charge in [-0.1, -0.05) is 18.6 Å². The quantitative estimate of drug-likeness (QED) is 0.245. The van der Waals surface area contributed by atoms with Crippen molar-refractivity contribution in [1.82, 2.24) is 5.32 Å². The van der Waals surface area contributed by atoms with Gasteiger partial charge < -0.3 is 39.3 Å². The molecule has 3 saturated heterocycles. The summed E-state index contributed by atoms with van der Waals surface area (Å²) in [4.78, 5) is 36.4. The fourth-order valence-electron chi connectivity index (χ4n) is 10.5. The maximum atomic E-state index is 13.3. The Morgan fingerprint density at radius 3 is 2.64 bits per heavy atom. The van der Waals surface area contributed by atoms with Gasteiger partial charge in [0.25, 0.3) is 5.79 Å². The molecule has 0 aromatic rings. The molecule has 3 saturated carbocycles. The van der Waals surface area contributed by atoms with E-state index in [1.165, 1.54) is 11.8 Å². The minimum Gasteiger partial charge on any atom is -0.458 e. The lowest BCUT2D eigenvalue weighted by Crippen LogP contribution is -2.76. The molecule has 1 spiro atoms. The highest BCUT2D eigenvalue weighted by molar-refractivity contribution is 8.01. The lowest BCUT2D eigenvalue weighted by molar-refractivity contribution is -0.443. The van der Waals surface area contributed by atoms with E-state index in [2.05, 4.69) is 18.3 Å². The molecular formula is C31H39NO9S. The average molecular weight is 602 g/mol. The summed E-state index contributed by atoms with van der Waals surface area (Å²) < 4.78 is 24.3. The van der Waals surface area contributed by atoms with Crippen LogP contribution in [0.1, 0.15) is 65.2 Å². The number of aliphatic hydroxyl groups is 2. The Balaban J connectivity index is 1.12. The molecule has 1 amide bonds. The van der Waals surface area contributed by atoms with E-state index in [4.69, 9.17) is 18.9 Å². The van der Waals surface area contributed by atoms with E-state index in [0.717, 1.165) is 36.7 Å². The molecule has 3 N–H and O–H groups in total. The standard InChI is InChI=1S/C31H39NO9S/c1-16-11-30(32-24(34)14-42-30)31(37)26(39-16)40-22-10-18-3-4-21-20(28(18,15-33)12-23(22)41-31)5-7-27(2)19(6-8-29(21,27)36)17-9-25(35)38-13-17/h3,9,15-16,19-23,26,36-37H,4-8,10-14H2,1-2H3,(H,32,34)/t16-,19-,20+,21-,22-,23-,26+,27-,28-,29+,30+,31-/m1/s1. The number of carbonyl (C=O) groups excluding carboxylic acids is 3. The van der Waals surface area contributed by atoms with Crippen LogP contribution in [0.5, 0.6) is 0 Å². The summed E-state index contributed by atoms with van der Waals surface area (Å²) in [5, 5.41) is 27.6. The second-order valence-electron chi connectivity index (χ2n) is 14.2. The van der Waals surface area contributed by atoms with Gasteiger partial charge in [-0.3, -0.25) is 4.79 Å². The average Bonchev–Trinajstić information content (AvgIpc) is 3.62. The molecule has 6 fully saturated rings. The van der Waals surface area contributed by atoms with Crippen LogP contribution in [0.25, 0.3) is 0 Å². The van der Waals surface area contributed by atoms with Crippen molar-refractivity contribution in [2.75, 3.05) is 12.4 Å². The Labute approximate surface area is 248 Å². The first-order valence-electron chi connectivity index (χ1n) is 15.4. The van der Waals surface area contributed by atoms with Gasteiger partial charge in [-0.05, 0) is 75.2 Å². The van der Waals surface area contributed by atoms with E-state index in [9.17, 15) is 24.6 Å². The highest BCUT2D eigenvalue weighted by Crippen LogP contribution is 2.69. The van der Waals surface area contributed by atoms with Crippen LogP contribution in [0.15, 0.2) is 23.3 Å². The molecule has 0 radical (unpaired) electrons. The number of cyclic esters (lactones) is 1. The number of esters is 1. The van der Waals surface area contributed by atoms with Gasteiger partial charge in [0, 0.05) is 17.9 Å². The van der Waals surface area contributed by atoms with E-state index in [-0.39, 0.29) is 41.5 Å². The number of thioether (sulfide) groups is 1. The molecule has 4 heterocycles. The Hall–Kier alpha value is -1.76. The summed E-state index contributed by atoms with van der Waals surface area (Å²) in [5.74, 6) is -2.33. The summed E-state index contributed by atoms with van der Waals surface area (Å²) in [7, 11) is 0. The van der Waals surface area contributed by atoms with Crippen molar-refractivity contribution >= 4 is 29.9 Å². The van der Waals surface area contributed by atoms with Crippen molar-refractivity contribution in [1.29, 1.82) is 0 Å². The molecule has 0 bridgehead atoms. The number of nitrogens with one attached hydrogen (secondary N) is 1. The van der Waals surface area contributed by atoms with E-state index < -0.39 is 45.6 Å². The topological polar surface area (TPSA) is 141 Å². The van der Waals surface area contributed by atoms with Gasteiger partial charge in [0.1, 0.15) is 17.8 Å². The monoisotopic (exact) mass is 601 g/mol. The van der Waals surface area contributed by atoms with Gasteiger partial charge in [0.05, 0.1) is 35.1 Å². The predicted molar refractivity (Wildman–Crippen MR) is 148 cm³/mol. The van der Waals surface area contributed by atoms with Gasteiger partial charge in [0.15, 0.2) is 0 Å². The first-order chi connectivity index (χ1) is 20.0. The third-order valence-electron chi connectivity index (χ3n) is 12.5. The number of allylic oxidation sites excluding steroid dienone is 1. The molecule has 0 aromatic heterocycles. The van der Waals surface area contributed by atoms with Crippen molar-refractivity contribution in [2.45, 2.75) is 106 Å². The van der Waals surface area contributed by atoms with Crippen molar-refractivity contribution in [3.8, 4) is 0 Å². The summed E-state index contributed by atoms with van der Waals surface area (Å²) in [6, 6.07) is 0. The fraction of sp³-hybridized carbons (Fsp3) is 0.774. The fourth-order valence-corrected chi connectivity index (χ4v) is 11.8. The van der Waals surface area contributed by atoms with Gasteiger partial charge in [0.2, 0.25) is 12.2 Å². The van der Waals surface area contributed by atoms with Gasteiger partial charge in [-0.15, -0.1) is 11.8 Å². The van der Waals surface area contributed by atoms with E-state index >= 15 is 0 Å². The van der Waals surface area contributed by atoms with Crippen LogP contribution in [0.4, 0.5) is 0 Å². The third-order valence-corrected chi connectivity index (χ3v) is 14.0. The number of fused-ring (bicyclic) bond motifs is 8. The zero-order valence-corrected chi connectivity index (χ0v) is 24.8. The maximum absolute atomic E-state index is 13.3. The minimum atomic E-state index is -1.91. The normalized spacial score (nSPS) is 54.4. The van der Waals surface area contributed by atoms with Crippen LogP contribution in [0.2, 0.25) is 0 Å². The maximum Gasteiger partial charge on any atom is 0.331 e. The zero-order valence-electron chi connectivity index (χ0n) is 24.0. The molecule has 228 valence electrons. The molecule has 0 aromatic carbocycles. The first-order valence-corrected chi connectivity index (χ1v) is 16.4. The van der Waals surface area contributed by atoms with Gasteiger partial charge in [-0.25, -0.2) is 4.79 Å². The van der Waals surface area contributed by atoms with Gasteiger partial charge >= 0.3 is 5.97 Å². The number of hydrogen-bond acceptors (Lipinski definition) is 10. The molecule has 8 aliphatic rings. The number of aldehydes is 1. The second kappa shape index (κ2) is 8.91. The van der Waals surface area contributed by atoms with Crippen LogP contribution < -0.4 is 5.32 Å². The molecule has 11 heteroatoms. The van der Waals surface area contributed by atoms with Gasteiger partial charge in [-0.2, -0.15) is 0 Å². The van der Waals surface area contributed by atoms with E-state index in [1.807, 2.05) is 6.92 Å². The highest BCUT2D eigenvalue weighted by Gasteiger charge is 2.72. The summed E-state index contributed by atoms with van der Waals surface area (Å²) in [6.07, 6.45) is 7.23. The third kappa shape index (κ3) is 3.38. The Morgan fingerprint density at radius 1 is 1.10 bits per heavy atom. The Morgan fingerprint density at radius 2 is 1.93 bits per heavy atom. The zero-order chi connectivity index (χ0) is 29.3. The van der Waals surface area contributed by atoms with Crippen LogP contribution in [0, 0.1) is 28.6 Å². The molecule has 8 rings (SSSR count). The lowest BCUT2D eigenvalue weighted by atomic mass is 9.45. The van der Waals surface area contributed by atoms with Crippen LogP contribution in [0.3, 0.4) is 0 Å². The number of hydrogen-bond donors (Lipinski definition) is 3.